The minimum Gasteiger partial charge on any atom is -0.460 e. The Labute approximate surface area is 410 Å². The number of cyclic esters (lactones) is 1. The van der Waals surface area contributed by atoms with Crippen molar-refractivity contribution in [2.45, 2.75) is 180 Å². The first-order valence-corrected chi connectivity index (χ1v) is 24.6. The maximum absolute atomic E-state index is 14.5. The predicted octanol–water partition coefficient (Wildman–Crippen LogP) is 6.20. The van der Waals surface area contributed by atoms with Crippen LogP contribution in [0.3, 0.4) is 0 Å². The number of esters is 1. The number of rotatable bonds is 9. The van der Waals surface area contributed by atoms with Gasteiger partial charge in [-0.3, -0.25) is 19.2 Å². The maximum atomic E-state index is 14.5. The molecule has 0 unspecified atom stereocenters. The lowest BCUT2D eigenvalue weighted by Crippen LogP contribution is -2.61. The molecule has 15 nitrogen and oxygen atoms in total. The molecule has 3 fully saturated rings. The third kappa shape index (κ3) is 15.3. The molecule has 4 rings (SSSR count). The zero-order valence-electron chi connectivity index (χ0n) is 46.0. The van der Waals surface area contributed by atoms with Crippen LogP contribution < -0.4 is 0 Å². The van der Waals surface area contributed by atoms with E-state index in [2.05, 4.69) is 0 Å². The topological polar surface area (TPSA) is 205 Å². The molecule has 0 spiro atoms. The maximum Gasteiger partial charge on any atom is 0.329 e. The number of carbonyl (C=O) groups is 5. The van der Waals surface area contributed by atoms with Gasteiger partial charge in [-0.2, -0.15) is 0 Å². The van der Waals surface area contributed by atoms with Crippen LogP contribution in [-0.4, -0.2) is 145 Å². The van der Waals surface area contributed by atoms with E-state index in [1.54, 1.807) is 40.9 Å². The average Bonchev–Trinajstić information content (AvgIpc) is 3.32. The van der Waals surface area contributed by atoms with Crippen LogP contribution in [0.4, 0.5) is 0 Å². The number of amides is 1. The van der Waals surface area contributed by atoms with E-state index in [1.165, 1.54) is 14.2 Å². The van der Waals surface area contributed by atoms with E-state index in [-0.39, 0.29) is 55.6 Å². The molecule has 15 atom stereocenters. The Morgan fingerprint density at radius 2 is 1.62 bits per heavy atom. The molecule has 0 aromatic heterocycles. The number of carbonyl (C=O) groups excluding carboxylic acids is 5. The van der Waals surface area contributed by atoms with E-state index < -0.39 is 109 Å². The minimum absolute atomic E-state index is 0.0148. The molecule has 1 aliphatic carbocycles. The molecule has 384 valence electrons. The Balaban J connectivity index is 1.70. The second kappa shape index (κ2) is 27.3. The van der Waals surface area contributed by atoms with Crippen molar-refractivity contribution in [3.63, 3.8) is 0 Å². The summed E-state index contributed by atoms with van der Waals surface area (Å²) in [6.45, 7) is 6.12. The van der Waals surface area contributed by atoms with Gasteiger partial charge in [0.1, 0.15) is 30.1 Å². The van der Waals surface area contributed by atoms with Gasteiger partial charge in [-0.15, -0.1) is 0 Å². The van der Waals surface area contributed by atoms with E-state index in [0.717, 1.165) is 10.5 Å². The van der Waals surface area contributed by atoms with Crippen LogP contribution in [0, 0.1) is 35.5 Å². The Kier molecular flexibility index (Phi) is 20.4. The summed E-state index contributed by atoms with van der Waals surface area (Å²) in [7, 11) is 4.33. The van der Waals surface area contributed by atoms with E-state index in [1.807, 2.05) is 51.2 Å². The van der Waals surface area contributed by atoms with Crippen LogP contribution >= 0.6 is 0 Å². The number of Topliss-reactive ketones (excluding diaryl/α,β-unsaturated/α-hetero) is 3. The number of piperidine rings is 1. The summed E-state index contributed by atoms with van der Waals surface area (Å²) < 4.78 is 65.9. The molecule has 0 aromatic rings. The van der Waals surface area contributed by atoms with Gasteiger partial charge in [-0.1, -0.05) is 71.1 Å². The van der Waals surface area contributed by atoms with E-state index in [9.17, 15) is 39.3 Å². The smallest absolute Gasteiger partial charge is 0.329 e. The van der Waals surface area contributed by atoms with Crippen LogP contribution in [0.25, 0.3) is 0 Å². The number of nitrogens with zero attached hydrogens (tertiary/aromatic N) is 1. The number of hydrogen-bond acceptors (Lipinski definition) is 14. The fourth-order valence-electron chi connectivity index (χ4n) is 10.3. The molecular formula is C53H83NO14. The fourth-order valence-corrected chi connectivity index (χ4v) is 10.3. The highest BCUT2D eigenvalue weighted by Gasteiger charge is 2.53. The minimum atomic E-state index is -3.27. The quantitative estimate of drug-likeness (QED) is 0.134. The SMILES string of the molecule is [2H]C([2H])(O)C([2H])([2H])O[C@@H]1CC[C@@H](C[C@@H](C)[C@@H]2CC(=O)[C@H](C)C=C(C)[C@@H](O)[C@@H](OC)C(=O)[C@H](C)C[C@H](C)C=CC=CC=C(C)[C@@H](OC)C[C@@H]3CC[C@@H](C)[C@@](O)(O3)C(=O)C(=O)N3CCCC[C@H]3C(=O)O2)C[C@H]1OC. The third-order valence-electron chi connectivity index (χ3n) is 14.7. The zero-order valence-corrected chi connectivity index (χ0v) is 42.0. The largest absolute Gasteiger partial charge is 0.460 e. The molecular weight excluding hydrogens is 875 g/mol. The highest BCUT2D eigenvalue weighted by Crippen LogP contribution is 2.38. The molecule has 3 heterocycles. The van der Waals surface area contributed by atoms with E-state index in [4.69, 9.17) is 33.9 Å². The van der Waals surface area contributed by atoms with Crippen LogP contribution in [0.5, 0.6) is 0 Å². The summed E-state index contributed by atoms with van der Waals surface area (Å²) in [6.07, 6.45) is 8.68. The van der Waals surface area contributed by atoms with Gasteiger partial charge < -0.3 is 48.6 Å². The van der Waals surface area contributed by atoms with Crippen molar-refractivity contribution in [3.05, 3.63) is 47.6 Å². The summed E-state index contributed by atoms with van der Waals surface area (Å²) in [5, 5.41) is 33.3. The molecule has 0 radical (unpaired) electrons. The standard InChI is InChI=1S/C53H83NO14/c1-32-16-12-11-13-17-33(2)44(63-8)30-40-21-19-38(7)53(62,68-40)50(59)51(60)54-23-15-14-18-41(54)52(61)67-45(35(4)28-39-20-22-43(66-25-24-55)46(29-39)64-9)31-42(56)34(3)27-37(6)48(58)49(65-10)47(57)36(5)26-32/h11-13,16-17,27,32,34-36,38-41,43-46,48-49,55,58,62H,14-15,18-26,28-31H2,1-10H3/t32-,34-,35-,36-,38-,39+,40+,41+,43-,44+,45+,46-,48-,49+,53-/m1/s1/i24D2,25D2. The Morgan fingerprint density at radius 1 is 0.882 bits per heavy atom. The Hall–Kier alpha value is -3.41. The Bertz CT molecular complexity index is 1990. The zero-order chi connectivity index (χ0) is 53.9. The molecule has 68 heavy (non-hydrogen) atoms. The summed E-state index contributed by atoms with van der Waals surface area (Å²) in [5.41, 5.74) is 1.19. The molecule has 2 saturated heterocycles. The number of ketones is 3. The summed E-state index contributed by atoms with van der Waals surface area (Å²) in [5.74, 6) is -8.91. The van der Waals surface area contributed by atoms with Gasteiger partial charge in [0.05, 0.1) is 43.0 Å². The van der Waals surface area contributed by atoms with Gasteiger partial charge in [-0.25, -0.2) is 4.79 Å². The molecule has 15 heteroatoms. The monoisotopic (exact) mass is 962 g/mol. The lowest BCUT2D eigenvalue weighted by molar-refractivity contribution is -0.265. The first-order valence-electron chi connectivity index (χ1n) is 26.6. The van der Waals surface area contributed by atoms with Crippen molar-refractivity contribution in [2.24, 2.45) is 35.5 Å². The van der Waals surface area contributed by atoms with Gasteiger partial charge in [0.15, 0.2) is 5.78 Å². The second-order valence-electron chi connectivity index (χ2n) is 19.9. The number of aliphatic hydroxyl groups excluding tert-OH is 1. The van der Waals surface area contributed by atoms with Crippen molar-refractivity contribution in [1.82, 2.24) is 4.90 Å². The van der Waals surface area contributed by atoms with Gasteiger partial charge in [0, 0.05) is 58.5 Å². The molecule has 3 aliphatic heterocycles. The van der Waals surface area contributed by atoms with Crippen LogP contribution in [0.1, 0.15) is 131 Å². The first kappa shape index (κ1) is 51.0. The number of methoxy groups -OCH3 is 3. The fraction of sp³-hybridized carbons (Fsp3) is 0.755. The van der Waals surface area contributed by atoms with Crippen LogP contribution in [-0.2, 0) is 52.4 Å². The molecule has 1 amide bonds. The molecule has 4 aliphatic rings. The van der Waals surface area contributed by atoms with Gasteiger partial charge in [-0.05, 0) is 107 Å². The molecule has 2 bridgehead atoms. The number of allylic oxidation sites excluding steroid dienone is 6. The summed E-state index contributed by atoms with van der Waals surface area (Å²) in [6, 6.07) is -1.22. The van der Waals surface area contributed by atoms with Crippen LogP contribution in [0.2, 0.25) is 0 Å². The van der Waals surface area contributed by atoms with Crippen molar-refractivity contribution >= 4 is 29.2 Å². The van der Waals surface area contributed by atoms with Crippen molar-refractivity contribution in [3.8, 4) is 0 Å². The van der Waals surface area contributed by atoms with Gasteiger partial charge in [0.2, 0.25) is 5.79 Å². The highest BCUT2D eigenvalue weighted by molar-refractivity contribution is 6.39. The molecule has 3 N–H and O–H groups in total. The summed E-state index contributed by atoms with van der Waals surface area (Å²) >= 11 is 0. The number of fused-ring (bicyclic) bond motifs is 3. The van der Waals surface area contributed by atoms with Crippen LogP contribution in [0.15, 0.2) is 47.6 Å². The average molecular weight is 962 g/mol. The summed E-state index contributed by atoms with van der Waals surface area (Å²) in [4.78, 5) is 72.3. The van der Waals surface area contributed by atoms with Crippen molar-refractivity contribution < 1.29 is 73.2 Å². The lowest BCUT2D eigenvalue weighted by Gasteiger charge is -2.42. The predicted molar refractivity (Wildman–Crippen MR) is 256 cm³/mol. The second-order valence-corrected chi connectivity index (χ2v) is 19.9. The number of aliphatic hydroxyl groups is 3. The van der Waals surface area contributed by atoms with E-state index >= 15 is 0 Å². The first-order chi connectivity index (χ1) is 33.7. The number of ether oxygens (including phenoxy) is 6. The molecule has 1 saturated carbocycles. The highest BCUT2D eigenvalue weighted by atomic mass is 16.6. The molecule has 0 aromatic carbocycles. The van der Waals surface area contributed by atoms with Gasteiger partial charge in [0.25, 0.3) is 11.7 Å². The normalized spacial score (nSPS) is 38.0. The third-order valence-corrected chi connectivity index (χ3v) is 14.7. The van der Waals surface area contributed by atoms with E-state index in [0.29, 0.717) is 56.9 Å². The lowest BCUT2D eigenvalue weighted by atomic mass is 9.78. The number of hydrogen-bond donors (Lipinski definition) is 3. The van der Waals surface area contributed by atoms with Crippen molar-refractivity contribution in [1.29, 1.82) is 0 Å². The van der Waals surface area contributed by atoms with Gasteiger partial charge >= 0.3 is 5.97 Å². The Morgan fingerprint density at radius 3 is 2.29 bits per heavy atom. The van der Waals surface area contributed by atoms with Crippen molar-refractivity contribution in [2.75, 3.05) is 41.0 Å².